The predicted octanol–water partition coefficient (Wildman–Crippen LogP) is 7.22. The monoisotopic (exact) mass is 355 g/mol. The fourth-order valence-corrected chi connectivity index (χ4v) is 4.42. The zero-order valence-corrected chi connectivity index (χ0v) is 15.3. The van der Waals surface area contributed by atoms with Crippen LogP contribution in [-0.2, 0) is 0 Å². The van der Waals surface area contributed by atoms with Gasteiger partial charge in [-0.3, -0.25) is 4.98 Å². The standard InChI is InChI=1S/C27H17N/c1-2-10-20-19(9-1)21-11-3-5-13-23(21)25-16-18-8-7-15-28-27(18)17-26(25)24-14-6-4-12-22(20)24/h1-17H. The van der Waals surface area contributed by atoms with Crippen LogP contribution in [0.3, 0.4) is 0 Å². The van der Waals surface area contributed by atoms with Crippen molar-refractivity contribution < 1.29 is 0 Å². The molecular weight excluding hydrogens is 338 g/mol. The summed E-state index contributed by atoms with van der Waals surface area (Å²) in [5.41, 5.74) is 11.2. The molecule has 1 aliphatic carbocycles. The highest BCUT2D eigenvalue weighted by molar-refractivity contribution is 6.05. The summed E-state index contributed by atoms with van der Waals surface area (Å²) in [6, 6.07) is 34.9. The average Bonchev–Trinajstić information content (AvgIpc) is 2.77. The van der Waals surface area contributed by atoms with Crippen molar-refractivity contribution in [2.45, 2.75) is 0 Å². The van der Waals surface area contributed by atoms with Crippen molar-refractivity contribution in [2.24, 2.45) is 0 Å². The molecule has 6 rings (SSSR count). The zero-order valence-electron chi connectivity index (χ0n) is 15.3. The summed E-state index contributed by atoms with van der Waals surface area (Å²) in [6.07, 6.45) is 1.87. The number of hydrogen-bond acceptors (Lipinski definition) is 1. The van der Waals surface area contributed by atoms with E-state index in [0.717, 1.165) is 5.52 Å². The molecule has 4 aromatic carbocycles. The zero-order chi connectivity index (χ0) is 18.5. The lowest BCUT2D eigenvalue weighted by Crippen LogP contribution is -1.97. The summed E-state index contributed by atoms with van der Waals surface area (Å²) < 4.78 is 0. The van der Waals surface area contributed by atoms with E-state index in [9.17, 15) is 0 Å². The van der Waals surface area contributed by atoms with Gasteiger partial charge in [0.25, 0.3) is 0 Å². The molecule has 0 saturated heterocycles. The van der Waals surface area contributed by atoms with Gasteiger partial charge in [0.1, 0.15) is 0 Å². The van der Waals surface area contributed by atoms with Gasteiger partial charge in [0, 0.05) is 11.6 Å². The smallest absolute Gasteiger partial charge is 0.0708 e. The first-order chi connectivity index (χ1) is 13.9. The maximum absolute atomic E-state index is 4.62. The average molecular weight is 355 g/mol. The molecule has 130 valence electrons. The number of nitrogens with zero attached hydrogens (tertiary/aromatic N) is 1. The molecule has 0 amide bonds. The van der Waals surface area contributed by atoms with Crippen LogP contribution >= 0.6 is 0 Å². The van der Waals surface area contributed by atoms with Gasteiger partial charge in [-0.2, -0.15) is 0 Å². The van der Waals surface area contributed by atoms with Crippen LogP contribution in [0.2, 0.25) is 0 Å². The van der Waals surface area contributed by atoms with Crippen molar-refractivity contribution in [3.05, 3.63) is 103 Å². The maximum Gasteiger partial charge on any atom is 0.0708 e. The highest BCUT2D eigenvalue weighted by Crippen LogP contribution is 2.48. The molecule has 1 aromatic heterocycles. The van der Waals surface area contributed by atoms with Crippen molar-refractivity contribution in [3.8, 4) is 44.5 Å². The molecule has 0 aliphatic heterocycles. The van der Waals surface area contributed by atoms with Crippen molar-refractivity contribution in [3.63, 3.8) is 0 Å². The lowest BCUT2D eigenvalue weighted by Gasteiger charge is -2.23. The summed E-state index contributed by atoms with van der Waals surface area (Å²) >= 11 is 0. The minimum atomic E-state index is 1.03. The van der Waals surface area contributed by atoms with E-state index in [0.29, 0.717) is 0 Å². The molecule has 0 bridgehead atoms. The fraction of sp³-hybridized carbons (Fsp3) is 0. The van der Waals surface area contributed by atoms with Gasteiger partial charge in [0.2, 0.25) is 0 Å². The second kappa shape index (κ2) is 5.90. The number of fused-ring (bicyclic) bond motifs is 9. The Morgan fingerprint density at radius 3 is 1.32 bits per heavy atom. The molecule has 0 unspecified atom stereocenters. The summed E-state index contributed by atoms with van der Waals surface area (Å²) in [5, 5.41) is 1.17. The SMILES string of the molecule is c1ccc2c(c1)-c1ccccc1-c1cc3cccnc3cc1-c1ccccc1-2. The highest BCUT2D eigenvalue weighted by atomic mass is 14.6. The quantitative estimate of drug-likeness (QED) is 0.280. The molecule has 0 saturated carbocycles. The van der Waals surface area contributed by atoms with Crippen LogP contribution in [0.4, 0.5) is 0 Å². The largest absolute Gasteiger partial charge is 0.256 e. The van der Waals surface area contributed by atoms with E-state index in [1.807, 2.05) is 12.3 Å². The minimum absolute atomic E-state index is 1.03. The Kier molecular flexibility index (Phi) is 3.24. The van der Waals surface area contributed by atoms with Gasteiger partial charge in [-0.05, 0) is 62.7 Å². The Bertz CT molecular complexity index is 1260. The van der Waals surface area contributed by atoms with Gasteiger partial charge in [0.05, 0.1) is 5.52 Å². The second-order valence-corrected chi connectivity index (χ2v) is 7.23. The molecule has 1 aliphatic rings. The molecule has 1 heterocycles. The van der Waals surface area contributed by atoms with Crippen LogP contribution in [0.1, 0.15) is 0 Å². The van der Waals surface area contributed by atoms with Crippen LogP contribution in [0.25, 0.3) is 55.4 Å². The van der Waals surface area contributed by atoms with E-state index in [4.69, 9.17) is 0 Å². The predicted molar refractivity (Wildman–Crippen MR) is 117 cm³/mol. The lowest BCUT2D eigenvalue weighted by atomic mass is 9.80. The molecule has 0 radical (unpaired) electrons. The summed E-state index contributed by atoms with van der Waals surface area (Å²) in [5.74, 6) is 0. The van der Waals surface area contributed by atoms with Crippen LogP contribution in [0.15, 0.2) is 103 Å². The van der Waals surface area contributed by atoms with Crippen molar-refractivity contribution in [1.29, 1.82) is 0 Å². The summed E-state index contributed by atoms with van der Waals surface area (Å²) in [6.45, 7) is 0. The number of benzene rings is 4. The van der Waals surface area contributed by atoms with Crippen molar-refractivity contribution in [2.75, 3.05) is 0 Å². The fourth-order valence-electron chi connectivity index (χ4n) is 4.42. The molecule has 1 nitrogen and oxygen atoms in total. The van der Waals surface area contributed by atoms with E-state index in [1.165, 1.54) is 49.9 Å². The first-order valence-electron chi connectivity index (χ1n) is 9.57. The molecule has 1 heteroatoms. The van der Waals surface area contributed by atoms with Gasteiger partial charge in [0.15, 0.2) is 0 Å². The second-order valence-electron chi connectivity index (χ2n) is 7.23. The minimum Gasteiger partial charge on any atom is -0.256 e. The van der Waals surface area contributed by atoms with Gasteiger partial charge < -0.3 is 0 Å². The van der Waals surface area contributed by atoms with Crippen LogP contribution in [0, 0.1) is 0 Å². The van der Waals surface area contributed by atoms with Crippen molar-refractivity contribution >= 4 is 10.9 Å². The van der Waals surface area contributed by atoms with Crippen LogP contribution in [-0.4, -0.2) is 4.98 Å². The van der Waals surface area contributed by atoms with E-state index >= 15 is 0 Å². The molecule has 0 atom stereocenters. The Hall–Kier alpha value is -3.71. The van der Waals surface area contributed by atoms with Gasteiger partial charge in [-0.25, -0.2) is 0 Å². The van der Waals surface area contributed by atoms with E-state index < -0.39 is 0 Å². The molecular formula is C27H17N. The number of aromatic nitrogens is 1. The lowest BCUT2D eigenvalue weighted by molar-refractivity contribution is 1.41. The van der Waals surface area contributed by atoms with Gasteiger partial charge in [-0.1, -0.05) is 78.9 Å². The Morgan fingerprint density at radius 1 is 0.393 bits per heavy atom. The summed E-state index contributed by atoms with van der Waals surface area (Å²) in [7, 11) is 0. The Balaban J connectivity index is 1.85. The molecule has 28 heavy (non-hydrogen) atoms. The Morgan fingerprint density at radius 2 is 0.821 bits per heavy atom. The van der Waals surface area contributed by atoms with E-state index in [2.05, 4.69) is 96.0 Å². The normalized spacial score (nSPS) is 11.6. The molecule has 0 N–H and O–H groups in total. The number of rotatable bonds is 0. The number of pyridine rings is 1. The third kappa shape index (κ3) is 2.17. The van der Waals surface area contributed by atoms with Crippen molar-refractivity contribution in [1.82, 2.24) is 4.98 Å². The number of hydrogen-bond donors (Lipinski definition) is 0. The third-order valence-electron chi connectivity index (χ3n) is 5.68. The van der Waals surface area contributed by atoms with Gasteiger partial charge in [-0.15, -0.1) is 0 Å². The van der Waals surface area contributed by atoms with Crippen LogP contribution in [0.5, 0.6) is 0 Å². The van der Waals surface area contributed by atoms with Crippen LogP contribution < -0.4 is 0 Å². The maximum atomic E-state index is 4.62. The summed E-state index contributed by atoms with van der Waals surface area (Å²) in [4.78, 5) is 4.62. The molecule has 0 spiro atoms. The Labute approximate surface area is 163 Å². The highest BCUT2D eigenvalue weighted by Gasteiger charge is 2.21. The van der Waals surface area contributed by atoms with E-state index in [-0.39, 0.29) is 0 Å². The topological polar surface area (TPSA) is 12.9 Å². The first-order valence-corrected chi connectivity index (χ1v) is 9.57. The third-order valence-corrected chi connectivity index (χ3v) is 5.68. The first kappa shape index (κ1) is 15.4. The molecule has 0 fully saturated rings. The van der Waals surface area contributed by atoms with E-state index in [1.54, 1.807) is 0 Å². The van der Waals surface area contributed by atoms with Gasteiger partial charge >= 0.3 is 0 Å². The molecule has 5 aromatic rings.